The van der Waals surface area contributed by atoms with Crippen molar-refractivity contribution < 1.29 is 4.92 Å². The Labute approximate surface area is 117 Å². The van der Waals surface area contributed by atoms with Gasteiger partial charge in [-0.05, 0) is 24.3 Å². The first-order valence-corrected chi connectivity index (χ1v) is 6.37. The first-order chi connectivity index (χ1) is 8.56. The third-order valence-electron chi connectivity index (χ3n) is 2.04. The summed E-state index contributed by atoms with van der Waals surface area (Å²) >= 11 is 13.2. The molecule has 0 amide bonds. The Morgan fingerprint density at radius 1 is 1.22 bits per heavy atom. The van der Waals surface area contributed by atoms with Crippen LogP contribution in [-0.4, -0.2) is 9.91 Å². The van der Waals surface area contributed by atoms with E-state index in [4.69, 9.17) is 23.2 Å². The first-order valence-electron chi connectivity index (χ1n) is 4.79. The summed E-state index contributed by atoms with van der Waals surface area (Å²) in [4.78, 5) is 14.7. The van der Waals surface area contributed by atoms with E-state index < -0.39 is 4.92 Å². The molecule has 0 atom stereocenters. The smallest absolute Gasteiger partial charge is 0.258 e. The van der Waals surface area contributed by atoms with Gasteiger partial charge in [0.2, 0.25) is 0 Å². The highest BCUT2D eigenvalue weighted by molar-refractivity contribution is 7.99. The van der Waals surface area contributed by atoms with Crippen molar-refractivity contribution in [3.8, 4) is 0 Å². The van der Waals surface area contributed by atoms with Gasteiger partial charge in [0, 0.05) is 16.0 Å². The minimum atomic E-state index is -0.492. The van der Waals surface area contributed by atoms with Crippen LogP contribution >= 0.6 is 35.0 Å². The molecule has 0 aliphatic carbocycles. The number of benzene rings is 1. The molecule has 0 bridgehead atoms. The molecule has 18 heavy (non-hydrogen) atoms. The van der Waals surface area contributed by atoms with Gasteiger partial charge in [0.05, 0.1) is 9.95 Å². The van der Waals surface area contributed by atoms with Crippen molar-refractivity contribution in [3.63, 3.8) is 0 Å². The summed E-state index contributed by atoms with van der Waals surface area (Å²) in [6, 6.07) is 8.07. The van der Waals surface area contributed by atoms with Gasteiger partial charge in [0.25, 0.3) is 5.69 Å². The molecule has 0 radical (unpaired) electrons. The lowest BCUT2D eigenvalue weighted by molar-refractivity contribution is -0.385. The zero-order chi connectivity index (χ0) is 13.1. The van der Waals surface area contributed by atoms with Crippen LogP contribution in [0.3, 0.4) is 0 Å². The monoisotopic (exact) mass is 300 g/mol. The van der Waals surface area contributed by atoms with Gasteiger partial charge in [-0.2, -0.15) is 0 Å². The fourth-order valence-electron chi connectivity index (χ4n) is 1.21. The molecule has 4 nitrogen and oxygen atoms in total. The van der Waals surface area contributed by atoms with Gasteiger partial charge in [0.15, 0.2) is 0 Å². The number of nitro groups is 1. The van der Waals surface area contributed by atoms with Gasteiger partial charge in [-0.1, -0.05) is 35.0 Å². The molecule has 1 heterocycles. The van der Waals surface area contributed by atoms with E-state index in [1.54, 1.807) is 24.3 Å². The fraction of sp³-hybridized carbons (Fsp3) is 0. The lowest BCUT2D eigenvalue weighted by Crippen LogP contribution is -1.89. The first kappa shape index (κ1) is 13.1. The largest absolute Gasteiger partial charge is 0.287 e. The van der Waals surface area contributed by atoms with Crippen molar-refractivity contribution in [3.05, 3.63) is 56.7 Å². The van der Waals surface area contributed by atoms with E-state index in [2.05, 4.69) is 4.98 Å². The maximum atomic E-state index is 10.5. The summed E-state index contributed by atoms with van der Waals surface area (Å²) in [5.74, 6) is 0. The highest BCUT2D eigenvalue weighted by atomic mass is 35.5. The SMILES string of the molecule is O=[N+]([O-])c1ccc(Sc2cc(Cl)ccc2Cl)nc1. The quantitative estimate of drug-likeness (QED) is 0.621. The van der Waals surface area contributed by atoms with Gasteiger partial charge in [-0.3, -0.25) is 10.1 Å². The summed E-state index contributed by atoms with van der Waals surface area (Å²) in [6.45, 7) is 0. The van der Waals surface area contributed by atoms with Crippen molar-refractivity contribution in [2.75, 3.05) is 0 Å². The van der Waals surface area contributed by atoms with Crippen molar-refractivity contribution in [2.45, 2.75) is 9.92 Å². The molecule has 2 aromatic rings. The standard InChI is InChI=1S/C11H6Cl2N2O2S/c12-7-1-3-9(13)10(5-7)18-11-4-2-8(6-14-11)15(16)17/h1-6H. The molecular weight excluding hydrogens is 295 g/mol. The van der Waals surface area contributed by atoms with Gasteiger partial charge < -0.3 is 0 Å². The van der Waals surface area contributed by atoms with Crippen LogP contribution in [0.15, 0.2) is 46.5 Å². The molecule has 1 aromatic heterocycles. The van der Waals surface area contributed by atoms with Crippen LogP contribution in [0.5, 0.6) is 0 Å². The summed E-state index contributed by atoms with van der Waals surface area (Å²) in [5, 5.41) is 12.2. The number of nitrogens with zero attached hydrogens (tertiary/aromatic N) is 2. The van der Waals surface area contributed by atoms with Crippen LogP contribution in [0, 0.1) is 10.1 Å². The van der Waals surface area contributed by atoms with Gasteiger partial charge in [0.1, 0.15) is 11.2 Å². The Hall–Kier alpha value is -1.30. The summed E-state index contributed by atoms with van der Waals surface area (Å²) in [6.07, 6.45) is 1.21. The molecule has 1 aromatic carbocycles. The minimum Gasteiger partial charge on any atom is -0.258 e. The topological polar surface area (TPSA) is 56.0 Å². The predicted octanol–water partition coefficient (Wildman–Crippen LogP) is 4.45. The molecule has 0 spiro atoms. The van der Waals surface area contributed by atoms with E-state index in [0.717, 1.165) is 4.90 Å². The lowest BCUT2D eigenvalue weighted by Gasteiger charge is -2.03. The predicted molar refractivity (Wildman–Crippen MR) is 71.5 cm³/mol. The third-order valence-corrected chi connectivity index (χ3v) is 3.72. The summed E-state index contributed by atoms with van der Waals surface area (Å²) in [5.41, 5.74) is -0.0449. The van der Waals surface area contributed by atoms with E-state index >= 15 is 0 Å². The summed E-state index contributed by atoms with van der Waals surface area (Å²) < 4.78 is 0. The van der Waals surface area contributed by atoms with Crippen molar-refractivity contribution in [2.24, 2.45) is 0 Å². The number of hydrogen-bond donors (Lipinski definition) is 0. The van der Waals surface area contributed by atoms with Gasteiger partial charge in [-0.25, -0.2) is 4.98 Å². The average Bonchev–Trinajstić information content (AvgIpc) is 2.34. The molecule has 0 fully saturated rings. The second-order valence-electron chi connectivity index (χ2n) is 3.29. The second-order valence-corrected chi connectivity index (χ2v) is 5.19. The molecule has 0 N–H and O–H groups in total. The number of halogens is 2. The molecule has 0 saturated carbocycles. The fourth-order valence-corrected chi connectivity index (χ4v) is 2.50. The van der Waals surface area contributed by atoms with E-state index in [0.29, 0.717) is 15.1 Å². The van der Waals surface area contributed by atoms with E-state index in [1.807, 2.05) is 0 Å². The second kappa shape index (κ2) is 5.56. The average molecular weight is 301 g/mol. The molecule has 7 heteroatoms. The Bertz CT molecular complexity index is 590. The van der Waals surface area contributed by atoms with Crippen molar-refractivity contribution >= 4 is 40.7 Å². The van der Waals surface area contributed by atoms with Crippen molar-refractivity contribution in [1.82, 2.24) is 4.98 Å². The zero-order valence-corrected chi connectivity index (χ0v) is 11.2. The molecule has 2 rings (SSSR count). The van der Waals surface area contributed by atoms with E-state index in [-0.39, 0.29) is 5.69 Å². The summed E-state index contributed by atoms with van der Waals surface area (Å²) in [7, 11) is 0. The third kappa shape index (κ3) is 3.13. The van der Waals surface area contributed by atoms with Crippen LogP contribution < -0.4 is 0 Å². The van der Waals surface area contributed by atoms with Gasteiger partial charge in [-0.15, -0.1) is 0 Å². The van der Waals surface area contributed by atoms with Crippen LogP contribution in [0.25, 0.3) is 0 Å². The highest BCUT2D eigenvalue weighted by Gasteiger charge is 2.08. The van der Waals surface area contributed by atoms with Gasteiger partial charge >= 0.3 is 0 Å². The molecule has 0 saturated heterocycles. The number of pyridine rings is 1. The number of aromatic nitrogens is 1. The Kier molecular flexibility index (Phi) is 4.06. The Morgan fingerprint density at radius 2 is 2.00 bits per heavy atom. The maximum Gasteiger partial charge on any atom is 0.287 e. The molecule has 92 valence electrons. The molecule has 0 aliphatic heterocycles. The zero-order valence-electron chi connectivity index (χ0n) is 8.84. The maximum absolute atomic E-state index is 10.5. The van der Waals surface area contributed by atoms with Crippen LogP contribution in [-0.2, 0) is 0 Å². The van der Waals surface area contributed by atoms with Crippen LogP contribution in [0.2, 0.25) is 10.0 Å². The lowest BCUT2D eigenvalue weighted by atomic mass is 10.4. The highest BCUT2D eigenvalue weighted by Crippen LogP contribution is 2.34. The molecule has 0 aliphatic rings. The van der Waals surface area contributed by atoms with Crippen LogP contribution in [0.4, 0.5) is 5.69 Å². The Morgan fingerprint density at radius 3 is 2.61 bits per heavy atom. The molecular formula is C11H6Cl2N2O2S. The van der Waals surface area contributed by atoms with E-state index in [1.165, 1.54) is 24.0 Å². The normalized spacial score (nSPS) is 10.3. The molecule has 0 unspecified atom stereocenters. The number of rotatable bonds is 3. The number of hydrogen-bond acceptors (Lipinski definition) is 4. The minimum absolute atomic E-state index is 0.0449. The van der Waals surface area contributed by atoms with Crippen molar-refractivity contribution in [1.29, 1.82) is 0 Å². The van der Waals surface area contributed by atoms with E-state index in [9.17, 15) is 10.1 Å². The Balaban J connectivity index is 2.23. The van der Waals surface area contributed by atoms with Crippen LogP contribution in [0.1, 0.15) is 0 Å².